The standard InChI is InChI=1S/2C5H5.Hf.2HI/c2*1-2-4-5-3-1;;;/h2*1-5H;;2*1H/q2*-1;+4;;/p-2. The molecular formula is C10H10HfI2. The molecule has 0 nitrogen and oxygen atoms in total. The minimum Gasteiger partial charge on any atom is -1.00 e. The van der Waals surface area contributed by atoms with Gasteiger partial charge in [0.25, 0.3) is 0 Å². The predicted molar refractivity (Wildman–Crippen MR) is 44.1 cm³/mol. The second kappa shape index (κ2) is 15.5. The fraction of sp³-hybridized carbons (Fsp3) is 0. The van der Waals surface area contributed by atoms with Crippen LogP contribution >= 0.6 is 0 Å². The van der Waals surface area contributed by atoms with Gasteiger partial charge in [0.1, 0.15) is 0 Å². The van der Waals surface area contributed by atoms with Gasteiger partial charge < -0.3 is 48.0 Å². The van der Waals surface area contributed by atoms with Crippen molar-refractivity contribution >= 4 is 0 Å². The second-order valence-electron chi connectivity index (χ2n) is 1.92. The first-order chi connectivity index (χ1) is 5.00. The van der Waals surface area contributed by atoms with Gasteiger partial charge in [0.05, 0.1) is 0 Å². The molecule has 0 saturated carbocycles. The van der Waals surface area contributed by atoms with Gasteiger partial charge in [-0.25, -0.2) is 24.3 Å². The summed E-state index contributed by atoms with van der Waals surface area (Å²) in [4.78, 5) is 0. The second-order valence-corrected chi connectivity index (χ2v) is 1.92. The van der Waals surface area contributed by atoms with Crippen LogP contribution in [-0.2, 0) is 25.8 Å². The van der Waals surface area contributed by atoms with Crippen molar-refractivity contribution in [3.8, 4) is 0 Å². The summed E-state index contributed by atoms with van der Waals surface area (Å²) in [5, 5.41) is 0. The monoisotopic (exact) mass is 564 g/mol. The van der Waals surface area contributed by atoms with E-state index in [-0.39, 0.29) is 73.8 Å². The topological polar surface area (TPSA) is 0 Å². The summed E-state index contributed by atoms with van der Waals surface area (Å²) in [6.07, 6.45) is 0. The van der Waals surface area contributed by atoms with Crippen molar-refractivity contribution in [2.45, 2.75) is 0 Å². The molecule has 0 bridgehead atoms. The first-order valence-corrected chi connectivity index (χ1v) is 3.33. The summed E-state index contributed by atoms with van der Waals surface area (Å²) in [5.41, 5.74) is 0. The Hall–Kier alpha value is 1.03. The zero-order valence-corrected chi connectivity index (χ0v) is 14.9. The van der Waals surface area contributed by atoms with E-state index in [9.17, 15) is 0 Å². The van der Waals surface area contributed by atoms with Gasteiger partial charge in [0, 0.05) is 0 Å². The Bertz CT molecular complexity index is 152. The minimum atomic E-state index is 0. The molecule has 2 aromatic carbocycles. The van der Waals surface area contributed by atoms with Crippen LogP contribution in [0.15, 0.2) is 60.7 Å². The van der Waals surface area contributed by atoms with Crippen LogP contribution in [0.25, 0.3) is 0 Å². The molecular weight excluding hydrogens is 552 g/mol. The molecule has 3 heteroatoms. The first kappa shape index (κ1) is 19.6. The number of hydrogen-bond donors (Lipinski definition) is 0. The van der Waals surface area contributed by atoms with Crippen molar-refractivity contribution in [3.63, 3.8) is 0 Å². The molecule has 13 heavy (non-hydrogen) atoms. The number of rotatable bonds is 0. The Morgan fingerprint density at radius 1 is 0.538 bits per heavy atom. The van der Waals surface area contributed by atoms with E-state index in [4.69, 9.17) is 0 Å². The Labute approximate surface area is 133 Å². The zero-order chi connectivity index (χ0) is 7.07. The number of hydrogen-bond acceptors (Lipinski definition) is 0. The van der Waals surface area contributed by atoms with Crippen molar-refractivity contribution < 1.29 is 73.8 Å². The largest absolute Gasteiger partial charge is 4.00 e. The zero-order valence-electron chi connectivity index (χ0n) is 7.03. The van der Waals surface area contributed by atoms with E-state index >= 15 is 0 Å². The van der Waals surface area contributed by atoms with E-state index in [2.05, 4.69) is 0 Å². The average molecular weight is 562 g/mol. The normalized spacial score (nSPS) is 6.15. The van der Waals surface area contributed by atoms with Crippen molar-refractivity contribution in [2.75, 3.05) is 0 Å². The molecule has 0 atom stereocenters. The van der Waals surface area contributed by atoms with Gasteiger partial charge in [-0.2, -0.15) is 36.4 Å². The van der Waals surface area contributed by atoms with Gasteiger partial charge in [-0.3, -0.25) is 0 Å². The summed E-state index contributed by atoms with van der Waals surface area (Å²) in [7, 11) is 0. The number of halogens is 2. The fourth-order valence-electron chi connectivity index (χ4n) is 0.642. The molecule has 0 heterocycles. The van der Waals surface area contributed by atoms with Crippen LogP contribution in [-0.4, -0.2) is 0 Å². The van der Waals surface area contributed by atoms with Crippen LogP contribution in [0.1, 0.15) is 0 Å². The van der Waals surface area contributed by atoms with Crippen LogP contribution in [0.5, 0.6) is 0 Å². The quantitative estimate of drug-likeness (QED) is 0.181. The van der Waals surface area contributed by atoms with Gasteiger partial charge in [0.2, 0.25) is 0 Å². The molecule has 0 aromatic heterocycles. The van der Waals surface area contributed by atoms with Crippen molar-refractivity contribution in [3.05, 3.63) is 60.7 Å². The molecule has 0 saturated heterocycles. The molecule has 68 valence electrons. The minimum absolute atomic E-state index is 0. The SMILES string of the molecule is [Hf+4].[I-].[I-].c1cc[cH-]c1.c1cc[cH-]c1. The molecule has 0 amide bonds. The molecule has 2 aromatic rings. The fourth-order valence-corrected chi connectivity index (χ4v) is 0.642. The maximum atomic E-state index is 2.00. The van der Waals surface area contributed by atoms with Crippen LogP contribution in [0.4, 0.5) is 0 Å². The molecule has 0 radical (unpaired) electrons. The van der Waals surface area contributed by atoms with Crippen molar-refractivity contribution in [1.29, 1.82) is 0 Å². The predicted octanol–water partition coefficient (Wildman–Crippen LogP) is -3.18. The Morgan fingerprint density at radius 2 is 0.769 bits per heavy atom. The van der Waals surface area contributed by atoms with E-state index in [0.29, 0.717) is 0 Å². The maximum Gasteiger partial charge on any atom is 4.00 e. The summed E-state index contributed by atoms with van der Waals surface area (Å²) in [5.74, 6) is 0. The maximum absolute atomic E-state index is 2.00. The van der Waals surface area contributed by atoms with Gasteiger partial charge in [-0.05, 0) is 0 Å². The van der Waals surface area contributed by atoms with Crippen LogP contribution in [0.3, 0.4) is 0 Å². The van der Waals surface area contributed by atoms with Crippen molar-refractivity contribution in [2.24, 2.45) is 0 Å². The molecule has 0 spiro atoms. The summed E-state index contributed by atoms with van der Waals surface area (Å²) >= 11 is 0. The molecule has 0 aliphatic carbocycles. The van der Waals surface area contributed by atoms with Gasteiger partial charge >= 0.3 is 25.8 Å². The Balaban J connectivity index is -0.000000125. The van der Waals surface area contributed by atoms with E-state index < -0.39 is 0 Å². The third-order valence-corrected chi connectivity index (χ3v) is 1.11. The van der Waals surface area contributed by atoms with Gasteiger partial charge in [0.15, 0.2) is 0 Å². The Kier molecular flexibility index (Phi) is 23.3. The molecule has 0 aliphatic heterocycles. The molecule has 0 N–H and O–H groups in total. The third kappa shape index (κ3) is 13.0. The molecule has 0 aliphatic rings. The van der Waals surface area contributed by atoms with Crippen molar-refractivity contribution in [1.82, 2.24) is 0 Å². The summed E-state index contributed by atoms with van der Waals surface area (Å²) < 4.78 is 0. The summed E-state index contributed by atoms with van der Waals surface area (Å²) in [6, 6.07) is 20.0. The van der Waals surface area contributed by atoms with E-state index in [1.165, 1.54) is 0 Å². The molecule has 0 unspecified atom stereocenters. The molecule has 2 rings (SSSR count). The Morgan fingerprint density at radius 3 is 0.846 bits per heavy atom. The van der Waals surface area contributed by atoms with Crippen LogP contribution in [0, 0.1) is 0 Å². The van der Waals surface area contributed by atoms with E-state index in [1.54, 1.807) is 0 Å². The van der Waals surface area contributed by atoms with E-state index in [1.807, 2.05) is 60.7 Å². The molecule has 0 fully saturated rings. The van der Waals surface area contributed by atoms with Gasteiger partial charge in [-0.1, -0.05) is 0 Å². The average Bonchev–Trinajstić information content (AvgIpc) is 2.67. The van der Waals surface area contributed by atoms with Crippen LogP contribution < -0.4 is 48.0 Å². The van der Waals surface area contributed by atoms with Crippen LogP contribution in [0.2, 0.25) is 0 Å². The van der Waals surface area contributed by atoms with Gasteiger partial charge in [-0.15, -0.1) is 0 Å². The first-order valence-electron chi connectivity index (χ1n) is 3.33. The third-order valence-electron chi connectivity index (χ3n) is 1.11. The smallest absolute Gasteiger partial charge is 1.00 e. The van der Waals surface area contributed by atoms with E-state index in [0.717, 1.165) is 0 Å². The summed E-state index contributed by atoms with van der Waals surface area (Å²) in [6.45, 7) is 0.